The molecule has 0 unspecified atom stereocenters. The molecule has 1 amide bonds. The van der Waals surface area contributed by atoms with Gasteiger partial charge in [-0.2, -0.15) is 5.10 Å². The second-order valence-corrected chi connectivity index (χ2v) is 6.21. The van der Waals surface area contributed by atoms with Crippen molar-refractivity contribution in [2.24, 2.45) is 5.10 Å². The van der Waals surface area contributed by atoms with Crippen molar-refractivity contribution < 1.29 is 9.53 Å². The standard InChI is InChI=1S/C19H21BrN2O2/c1-2-3-6-15-9-11-17(12-10-15)24-14-19(23)22-21-13-16-7-4-5-8-18(16)20/h4-5,7-13H,2-3,6,14H2,1H3,(H,22,23)/b21-13+. The molecular weight excluding hydrogens is 368 g/mol. The van der Waals surface area contributed by atoms with E-state index in [1.165, 1.54) is 18.4 Å². The molecule has 0 aliphatic rings. The molecule has 2 aromatic carbocycles. The van der Waals surface area contributed by atoms with Crippen molar-refractivity contribution >= 4 is 28.1 Å². The van der Waals surface area contributed by atoms with Crippen molar-refractivity contribution in [3.05, 3.63) is 64.1 Å². The molecule has 0 atom stereocenters. The summed E-state index contributed by atoms with van der Waals surface area (Å²) in [5, 5.41) is 3.93. The van der Waals surface area contributed by atoms with E-state index < -0.39 is 0 Å². The van der Waals surface area contributed by atoms with E-state index in [0.717, 1.165) is 16.5 Å². The Morgan fingerprint density at radius 3 is 2.67 bits per heavy atom. The number of halogens is 1. The molecule has 0 aromatic heterocycles. The van der Waals surface area contributed by atoms with E-state index in [1.54, 1.807) is 6.21 Å². The molecule has 0 spiro atoms. The zero-order valence-corrected chi connectivity index (χ0v) is 15.3. The van der Waals surface area contributed by atoms with Crippen molar-refractivity contribution in [2.45, 2.75) is 26.2 Å². The average Bonchev–Trinajstić information content (AvgIpc) is 2.61. The lowest BCUT2D eigenvalue weighted by Gasteiger charge is -2.06. The minimum Gasteiger partial charge on any atom is -0.484 e. The lowest BCUT2D eigenvalue weighted by molar-refractivity contribution is -0.123. The number of amides is 1. The van der Waals surface area contributed by atoms with Gasteiger partial charge in [0.25, 0.3) is 5.91 Å². The lowest BCUT2D eigenvalue weighted by atomic mass is 10.1. The number of nitrogens with zero attached hydrogens (tertiary/aromatic N) is 1. The molecule has 2 rings (SSSR count). The summed E-state index contributed by atoms with van der Waals surface area (Å²) < 4.78 is 6.38. The number of carbonyl (C=O) groups excluding carboxylic acids is 1. The zero-order valence-electron chi connectivity index (χ0n) is 13.7. The van der Waals surface area contributed by atoms with Gasteiger partial charge in [-0.15, -0.1) is 0 Å². The number of unbranched alkanes of at least 4 members (excludes halogenated alkanes) is 1. The van der Waals surface area contributed by atoms with Crippen LogP contribution in [0.25, 0.3) is 0 Å². The minimum atomic E-state index is -0.298. The molecule has 4 nitrogen and oxygen atoms in total. The van der Waals surface area contributed by atoms with Gasteiger partial charge in [0.1, 0.15) is 5.75 Å². The summed E-state index contributed by atoms with van der Waals surface area (Å²) in [6.07, 6.45) is 5.02. The molecule has 1 N–H and O–H groups in total. The Morgan fingerprint density at radius 2 is 1.96 bits per heavy atom. The van der Waals surface area contributed by atoms with Crippen LogP contribution in [0, 0.1) is 0 Å². The third kappa shape index (κ3) is 6.16. The van der Waals surface area contributed by atoms with Gasteiger partial charge in [0.15, 0.2) is 6.61 Å². The van der Waals surface area contributed by atoms with Crippen LogP contribution in [0.5, 0.6) is 5.75 Å². The largest absolute Gasteiger partial charge is 0.484 e. The molecule has 0 fully saturated rings. The number of rotatable bonds is 8. The third-order valence-electron chi connectivity index (χ3n) is 3.41. The van der Waals surface area contributed by atoms with Crippen molar-refractivity contribution in [3.63, 3.8) is 0 Å². The van der Waals surface area contributed by atoms with Crippen LogP contribution in [0.3, 0.4) is 0 Å². The summed E-state index contributed by atoms with van der Waals surface area (Å²) in [5.74, 6) is 0.383. The third-order valence-corrected chi connectivity index (χ3v) is 4.13. The Morgan fingerprint density at radius 1 is 1.21 bits per heavy atom. The van der Waals surface area contributed by atoms with Crippen LogP contribution in [-0.2, 0) is 11.2 Å². The predicted molar refractivity (Wildman–Crippen MR) is 100 cm³/mol. The maximum Gasteiger partial charge on any atom is 0.277 e. The van der Waals surface area contributed by atoms with E-state index >= 15 is 0 Å². The van der Waals surface area contributed by atoms with Gasteiger partial charge in [-0.05, 0) is 36.6 Å². The number of carbonyl (C=O) groups is 1. The van der Waals surface area contributed by atoms with Gasteiger partial charge in [-0.3, -0.25) is 4.79 Å². The van der Waals surface area contributed by atoms with Crippen LogP contribution in [0.1, 0.15) is 30.9 Å². The van der Waals surface area contributed by atoms with E-state index in [4.69, 9.17) is 4.74 Å². The van der Waals surface area contributed by atoms with Crippen LogP contribution >= 0.6 is 15.9 Å². The fourth-order valence-corrected chi connectivity index (χ4v) is 2.46. The maximum absolute atomic E-state index is 11.7. The Labute approximate surface area is 151 Å². The van der Waals surface area contributed by atoms with Gasteiger partial charge in [0, 0.05) is 10.0 Å². The molecule has 0 saturated heterocycles. The molecule has 24 heavy (non-hydrogen) atoms. The monoisotopic (exact) mass is 388 g/mol. The SMILES string of the molecule is CCCCc1ccc(OCC(=O)N/N=C/c2ccccc2Br)cc1. The van der Waals surface area contributed by atoms with Crippen LogP contribution in [0.2, 0.25) is 0 Å². The first-order valence-electron chi connectivity index (χ1n) is 7.97. The molecule has 126 valence electrons. The van der Waals surface area contributed by atoms with E-state index in [-0.39, 0.29) is 12.5 Å². The fraction of sp³-hybridized carbons (Fsp3) is 0.263. The van der Waals surface area contributed by atoms with Gasteiger partial charge in [-0.25, -0.2) is 5.43 Å². The second kappa shape index (κ2) is 9.88. The topological polar surface area (TPSA) is 50.7 Å². The number of benzene rings is 2. The number of ether oxygens (including phenoxy) is 1. The van der Waals surface area contributed by atoms with Crippen LogP contribution in [-0.4, -0.2) is 18.7 Å². The first-order chi connectivity index (χ1) is 11.7. The first-order valence-corrected chi connectivity index (χ1v) is 8.76. The van der Waals surface area contributed by atoms with Crippen LogP contribution in [0.15, 0.2) is 58.1 Å². The Kier molecular flexibility index (Phi) is 7.49. The zero-order chi connectivity index (χ0) is 17.2. The number of hydrazone groups is 1. The number of hydrogen-bond donors (Lipinski definition) is 1. The summed E-state index contributed by atoms with van der Waals surface area (Å²) in [6, 6.07) is 15.5. The van der Waals surface area contributed by atoms with Gasteiger partial charge >= 0.3 is 0 Å². The maximum atomic E-state index is 11.7. The average molecular weight is 389 g/mol. The second-order valence-electron chi connectivity index (χ2n) is 5.35. The minimum absolute atomic E-state index is 0.0679. The number of aryl methyl sites for hydroxylation is 1. The highest BCUT2D eigenvalue weighted by atomic mass is 79.9. The molecule has 0 aliphatic heterocycles. The molecule has 0 aliphatic carbocycles. The van der Waals surface area contributed by atoms with Crippen LogP contribution in [0.4, 0.5) is 0 Å². The number of nitrogens with one attached hydrogen (secondary N) is 1. The van der Waals surface area contributed by atoms with E-state index in [0.29, 0.717) is 5.75 Å². The van der Waals surface area contributed by atoms with Gasteiger partial charge < -0.3 is 4.74 Å². The lowest BCUT2D eigenvalue weighted by Crippen LogP contribution is -2.24. The van der Waals surface area contributed by atoms with Gasteiger partial charge in [0.05, 0.1) is 6.21 Å². The summed E-state index contributed by atoms with van der Waals surface area (Å²) in [5.41, 5.74) is 4.63. The normalized spacial score (nSPS) is 10.8. The van der Waals surface area contributed by atoms with Crippen molar-refractivity contribution in [2.75, 3.05) is 6.61 Å². The van der Waals surface area contributed by atoms with E-state index in [1.807, 2.05) is 48.5 Å². The Balaban J connectivity index is 1.76. The molecule has 5 heteroatoms. The molecule has 0 heterocycles. The summed E-state index contributed by atoms with van der Waals surface area (Å²) in [4.78, 5) is 11.7. The van der Waals surface area contributed by atoms with E-state index in [2.05, 4.69) is 33.4 Å². The summed E-state index contributed by atoms with van der Waals surface area (Å²) in [7, 11) is 0. The van der Waals surface area contributed by atoms with Crippen molar-refractivity contribution in [3.8, 4) is 5.75 Å². The highest BCUT2D eigenvalue weighted by molar-refractivity contribution is 9.10. The predicted octanol–water partition coefficient (Wildman–Crippen LogP) is 4.32. The molecule has 0 saturated carbocycles. The molecular formula is C19H21BrN2O2. The van der Waals surface area contributed by atoms with Crippen LogP contribution < -0.4 is 10.2 Å². The van der Waals surface area contributed by atoms with E-state index in [9.17, 15) is 4.79 Å². The Hall–Kier alpha value is -2.14. The van der Waals surface area contributed by atoms with Crippen molar-refractivity contribution in [1.29, 1.82) is 0 Å². The highest BCUT2D eigenvalue weighted by Gasteiger charge is 2.02. The Bertz CT molecular complexity index is 684. The van der Waals surface area contributed by atoms with Gasteiger partial charge in [-0.1, -0.05) is 59.6 Å². The smallest absolute Gasteiger partial charge is 0.277 e. The van der Waals surface area contributed by atoms with Crippen molar-refractivity contribution in [1.82, 2.24) is 5.43 Å². The number of hydrogen-bond acceptors (Lipinski definition) is 3. The van der Waals surface area contributed by atoms with Gasteiger partial charge in [0.2, 0.25) is 0 Å². The summed E-state index contributed by atoms with van der Waals surface area (Å²) >= 11 is 3.42. The molecule has 0 radical (unpaired) electrons. The molecule has 0 bridgehead atoms. The molecule has 2 aromatic rings. The summed E-state index contributed by atoms with van der Waals surface area (Å²) in [6.45, 7) is 2.11. The quantitative estimate of drug-likeness (QED) is 0.540. The fourth-order valence-electron chi connectivity index (χ4n) is 2.07. The highest BCUT2D eigenvalue weighted by Crippen LogP contribution is 2.14. The first kappa shape index (κ1) is 18.2.